The Morgan fingerprint density at radius 1 is 1.53 bits per heavy atom. The van der Waals surface area contributed by atoms with Crippen molar-refractivity contribution in [3.8, 4) is 0 Å². The standard InChI is InChI=1S/C11H9FN2O2S/c12-7-2-1-3-8(4-7)14-10(11(15)16)9-5-13-6-17-9/h1-6,10,14H,(H,15,16). The molecule has 2 N–H and O–H groups in total. The third kappa shape index (κ3) is 2.79. The van der Waals surface area contributed by atoms with Gasteiger partial charge in [0.2, 0.25) is 0 Å². The summed E-state index contributed by atoms with van der Waals surface area (Å²) in [5.41, 5.74) is 1.98. The van der Waals surface area contributed by atoms with Crippen LogP contribution in [0.1, 0.15) is 10.9 Å². The lowest BCUT2D eigenvalue weighted by atomic mass is 10.2. The second-order valence-corrected chi connectivity index (χ2v) is 4.25. The number of halogens is 1. The van der Waals surface area contributed by atoms with E-state index in [2.05, 4.69) is 10.3 Å². The van der Waals surface area contributed by atoms with Gasteiger partial charge in [-0.1, -0.05) is 6.07 Å². The minimum absolute atomic E-state index is 0.413. The molecule has 17 heavy (non-hydrogen) atoms. The van der Waals surface area contributed by atoms with Gasteiger partial charge in [0.1, 0.15) is 5.82 Å². The van der Waals surface area contributed by atoms with Crippen molar-refractivity contribution in [2.75, 3.05) is 5.32 Å². The maximum absolute atomic E-state index is 13.0. The van der Waals surface area contributed by atoms with E-state index in [0.717, 1.165) is 0 Å². The summed E-state index contributed by atoms with van der Waals surface area (Å²) in [6, 6.07) is 4.76. The highest BCUT2D eigenvalue weighted by Crippen LogP contribution is 2.23. The van der Waals surface area contributed by atoms with Gasteiger partial charge in [0, 0.05) is 11.9 Å². The molecule has 1 aromatic carbocycles. The Morgan fingerprint density at radius 3 is 2.94 bits per heavy atom. The minimum Gasteiger partial charge on any atom is -0.479 e. The largest absolute Gasteiger partial charge is 0.479 e. The summed E-state index contributed by atoms with van der Waals surface area (Å²) in [7, 11) is 0. The molecule has 6 heteroatoms. The first kappa shape index (κ1) is 11.5. The lowest BCUT2D eigenvalue weighted by molar-refractivity contribution is -0.138. The molecule has 0 aliphatic rings. The first-order valence-electron chi connectivity index (χ1n) is 4.80. The van der Waals surface area contributed by atoms with Gasteiger partial charge in [-0.2, -0.15) is 0 Å². The molecule has 0 amide bonds. The Bertz CT molecular complexity index is 516. The van der Waals surface area contributed by atoms with Crippen LogP contribution < -0.4 is 5.32 Å². The van der Waals surface area contributed by atoms with Crippen LogP contribution in [-0.4, -0.2) is 16.1 Å². The Morgan fingerprint density at radius 2 is 2.35 bits per heavy atom. The first-order chi connectivity index (χ1) is 8.16. The van der Waals surface area contributed by atoms with Crippen LogP contribution in [-0.2, 0) is 4.79 Å². The Kier molecular flexibility index (Phi) is 3.34. The summed E-state index contributed by atoms with van der Waals surface area (Å²) in [5.74, 6) is -1.44. The fraction of sp³-hybridized carbons (Fsp3) is 0.0909. The number of rotatable bonds is 4. The summed E-state index contributed by atoms with van der Waals surface area (Å²) in [4.78, 5) is 15.5. The highest BCUT2D eigenvalue weighted by atomic mass is 32.1. The number of carbonyl (C=O) groups is 1. The van der Waals surface area contributed by atoms with Crippen LogP contribution in [0.4, 0.5) is 10.1 Å². The summed E-state index contributed by atoms with van der Waals surface area (Å²) < 4.78 is 13.0. The monoisotopic (exact) mass is 252 g/mol. The fourth-order valence-electron chi connectivity index (χ4n) is 1.37. The lowest BCUT2D eigenvalue weighted by Crippen LogP contribution is -2.19. The van der Waals surface area contributed by atoms with Crippen molar-refractivity contribution in [3.05, 3.63) is 46.7 Å². The van der Waals surface area contributed by atoms with Gasteiger partial charge in [-0.25, -0.2) is 9.18 Å². The van der Waals surface area contributed by atoms with Crippen LogP contribution >= 0.6 is 11.3 Å². The molecule has 4 nitrogen and oxygen atoms in total. The predicted octanol–water partition coefficient (Wildman–Crippen LogP) is 2.52. The third-order valence-corrected chi connectivity index (χ3v) is 2.96. The zero-order valence-electron chi connectivity index (χ0n) is 8.63. The zero-order valence-corrected chi connectivity index (χ0v) is 9.45. The predicted molar refractivity (Wildman–Crippen MR) is 62.5 cm³/mol. The Hall–Kier alpha value is -1.95. The van der Waals surface area contributed by atoms with E-state index in [1.807, 2.05) is 0 Å². The molecule has 1 unspecified atom stereocenters. The number of nitrogens with zero attached hydrogens (tertiary/aromatic N) is 1. The molecule has 88 valence electrons. The molecule has 1 aromatic heterocycles. The highest BCUT2D eigenvalue weighted by Gasteiger charge is 2.21. The molecular weight excluding hydrogens is 243 g/mol. The topological polar surface area (TPSA) is 62.2 Å². The molecule has 0 spiro atoms. The fourth-order valence-corrected chi connectivity index (χ4v) is 2.03. The van der Waals surface area contributed by atoms with Crippen LogP contribution in [0.5, 0.6) is 0 Å². The summed E-state index contributed by atoms with van der Waals surface area (Å²) in [5, 5.41) is 11.9. The van der Waals surface area contributed by atoms with E-state index in [0.29, 0.717) is 10.6 Å². The molecule has 1 heterocycles. The van der Waals surface area contributed by atoms with E-state index < -0.39 is 17.8 Å². The molecule has 0 saturated carbocycles. The maximum atomic E-state index is 13.0. The number of benzene rings is 1. The number of aliphatic carboxylic acids is 1. The molecule has 2 rings (SSSR count). The molecular formula is C11H9FN2O2S. The summed E-state index contributed by atoms with van der Waals surface area (Å²) in [6.45, 7) is 0. The van der Waals surface area contributed by atoms with E-state index in [9.17, 15) is 9.18 Å². The van der Waals surface area contributed by atoms with Crippen molar-refractivity contribution in [2.45, 2.75) is 6.04 Å². The second kappa shape index (κ2) is 4.92. The second-order valence-electron chi connectivity index (χ2n) is 3.33. The van der Waals surface area contributed by atoms with Crippen molar-refractivity contribution in [1.29, 1.82) is 0 Å². The molecule has 0 aliphatic heterocycles. The van der Waals surface area contributed by atoms with Gasteiger partial charge in [-0.3, -0.25) is 4.98 Å². The molecule has 1 atom stereocenters. The van der Waals surface area contributed by atoms with Crippen molar-refractivity contribution < 1.29 is 14.3 Å². The molecule has 0 saturated heterocycles. The average Bonchev–Trinajstić information content (AvgIpc) is 2.78. The number of carboxylic acid groups (broad SMARTS) is 1. The van der Waals surface area contributed by atoms with Gasteiger partial charge in [-0.05, 0) is 18.2 Å². The van der Waals surface area contributed by atoms with Crippen molar-refractivity contribution in [1.82, 2.24) is 4.98 Å². The zero-order chi connectivity index (χ0) is 12.3. The van der Waals surface area contributed by atoms with E-state index in [1.54, 1.807) is 11.6 Å². The number of nitrogens with one attached hydrogen (secondary N) is 1. The van der Waals surface area contributed by atoms with Crippen LogP contribution in [0.15, 0.2) is 36.0 Å². The summed E-state index contributed by atoms with van der Waals surface area (Å²) in [6.07, 6.45) is 1.48. The lowest BCUT2D eigenvalue weighted by Gasteiger charge is -2.13. The van der Waals surface area contributed by atoms with E-state index in [-0.39, 0.29) is 0 Å². The van der Waals surface area contributed by atoms with Crippen LogP contribution in [0.2, 0.25) is 0 Å². The molecule has 0 bridgehead atoms. The number of aromatic nitrogens is 1. The van der Waals surface area contributed by atoms with Crippen LogP contribution in [0.3, 0.4) is 0 Å². The number of hydrogen-bond donors (Lipinski definition) is 2. The van der Waals surface area contributed by atoms with Crippen molar-refractivity contribution in [3.63, 3.8) is 0 Å². The van der Waals surface area contributed by atoms with Crippen LogP contribution in [0, 0.1) is 5.82 Å². The third-order valence-electron chi connectivity index (χ3n) is 2.12. The van der Waals surface area contributed by atoms with Crippen LogP contribution in [0.25, 0.3) is 0 Å². The SMILES string of the molecule is O=C(O)C(Nc1cccc(F)c1)c1cncs1. The minimum atomic E-state index is -1.03. The normalized spacial score (nSPS) is 12.1. The Balaban J connectivity index is 2.22. The number of thiazole rings is 1. The van der Waals surface area contributed by atoms with Crippen molar-refractivity contribution in [2.24, 2.45) is 0 Å². The molecule has 0 fully saturated rings. The molecule has 0 aliphatic carbocycles. The van der Waals surface area contributed by atoms with Gasteiger partial charge < -0.3 is 10.4 Å². The average molecular weight is 252 g/mol. The van der Waals surface area contributed by atoms with Gasteiger partial charge >= 0.3 is 5.97 Å². The summed E-state index contributed by atoms with van der Waals surface area (Å²) >= 11 is 1.23. The first-order valence-corrected chi connectivity index (χ1v) is 5.68. The van der Waals surface area contributed by atoms with Gasteiger partial charge in [-0.15, -0.1) is 11.3 Å². The quantitative estimate of drug-likeness (QED) is 0.877. The molecule has 0 radical (unpaired) electrons. The highest BCUT2D eigenvalue weighted by molar-refractivity contribution is 7.09. The van der Waals surface area contributed by atoms with Crippen molar-refractivity contribution >= 4 is 23.0 Å². The van der Waals surface area contributed by atoms with Gasteiger partial charge in [0.25, 0.3) is 0 Å². The smallest absolute Gasteiger partial charge is 0.331 e. The van der Waals surface area contributed by atoms with Gasteiger partial charge in [0.05, 0.1) is 10.4 Å². The number of carboxylic acids is 1. The van der Waals surface area contributed by atoms with Gasteiger partial charge in [0.15, 0.2) is 6.04 Å². The number of anilines is 1. The number of hydrogen-bond acceptors (Lipinski definition) is 4. The maximum Gasteiger partial charge on any atom is 0.331 e. The van der Waals surface area contributed by atoms with E-state index in [4.69, 9.17) is 5.11 Å². The van der Waals surface area contributed by atoms with E-state index >= 15 is 0 Å². The van der Waals surface area contributed by atoms with E-state index in [1.165, 1.54) is 35.7 Å². The molecule has 2 aromatic rings. The Labute approximate surface area is 101 Å².